The van der Waals surface area contributed by atoms with Crippen molar-refractivity contribution >= 4 is 28.9 Å². The maximum Gasteiger partial charge on any atom is 0.0640 e. The number of nitrogens with one attached hydrogen (secondary N) is 1. The largest absolute Gasteiger partial charge is 0.368 e. The smallest absolute Gasteiger partial charge is 0.0640 e. The predicted molar refractivity (Wildman–Crippen MR) is 61.5 cm³/mol. The second-order valence-electron chi connectivity index (χ2n) is 3.33. The highest BCUT2D eigenvalue weighted by atomic mass is 35.5. The van der Waals surface area contributed by atoms with Crippen molar-refractivity contribution in [2.45, 2.75) is 0 Å². The third-order valence-electron chi connectivity index (χ3n) is 2.37. The van der Waals surface area contributed by atoms with Crippen LogP contribution in [0.2, 0.25) is 10.0 Å². The highest BCUT2D eigenvalue weighted by molar-refractivity contribution is 6.35. The van der Waals surface area contributed by atoms with E-state index >= 15 is 0 Å². The van der Waals surface area contributed by atoms with E-state index in [1.807, 2.05) is 18.2 Å². The van der Waals surface area contributed by atoms with E-state index in [2.05, 4.69) is 10.2 Å². The third-order valence-corrected chi connectivity index (χ3v) is 2.92. The van der Waals surface area contributed by atoms with Gasteiger partial charge in [0.2, 0.25) is 0 Å². The van der Waals surface area contributed by atoms with Gasteiger partial charge < -0.3 is 10.2 Å². The summed E-state index contributed by atoms with van der Waals surface area (Å²) in [5.74, 6) is 0. The monoisotopic (exact) mass is 230 g/mol. The van der Waals surface area contributed by atoms with Crippen LogP contribution in [0.3, 0.4) is 0 Å². The van der Waals surface area contributed by atoms with Gasteiger partial charge in [0.25, 0.3) is 0 Å². The highest BCUT2D eigenvalue weighted by Crippen LogP contribution is 2.28. The van der Waals surface area contributed by atoms with Crippen LogP contribution < -0.4 is 10.2 Å². The minimum atomic E-state index is 0.739. The Bertz CT molecular complexity index is 322. The van der Waals surface area contributed by atoms with Gasteiger partial charge in [0, 0.05) is 31.2 Å². The molecule has 0 radical (unpaired) electrons. The number of hydrogen-bond donors (Lipinski definition) is 1. The lowest BCUT2D eigenvalue weighted by Gasteiger charge is -2.30. The van der Waals surface area contributed by atoms with Crippen LogP contribution in [0.25, 0.3) is 0 Å². The SMILES string of the molecule is Clc1ccc(Cl)c(N2CCNCC2)c1. The molecule has 1 saturated heterocycles. The number of nitrogens with zero attached hydrogens (tertiary/aromatic N) is 1. The Kier molecular flexibility index (Phi) is 3.16. The second kappa shape index (κ2) is 4.39. The maximum atomic E-state index is 6.11. The number of anilines is 1. The molecule has 76 valence electrons. The molecule has 2 rings (SSSR count). The standard InChI is InChI=1S/C10H12Cl2N2/c11-8-1-2-9(12)10(7-8)14-5-3-13-4-6-14/h1-2,7,13H,3-6H2. The fourth-order valence-corrected chi connectivity index (χ4v) is 2.04. The van der Waals surface area contributed by atoms with E-state index in [1.54, 1.807) is 0 Å². The molecule has 0 atom stereocenters. The summed E-state index contributed by atoms with van der Waals surface area (Å²) in [6.07, 6.45) is 0. The molecule has 1 aliphatic heterocycles. The van der Waals surface area contributed by atoms with Crippen LogP contribution in [0.15, 0.2) is 18.2 Å². The van der Waals surface area contributed by atoms with Crippen LogP contribution in [0, 0.1) is 0 Å². The van der Waals surface area contributed by atoms with Crippen LogP contribution in [-0.4, -0.2) is 26.2 Å². The maximum absolute atomic E-state index is 6.11. The van der Waals surface area contributed by atoms with Gasteiger partial charge in [0.05, 0.1) is 10.7 Å². The molecule has 4 heteroatoms. The first kappa shape index (κ1) is 10.1. The molecule has 0 unspecified atom stereocenters. The predicted octanol–water partition coefficient (Wildman–Crippen LogP) is 2.40. The first-order valence-corrected chi connectivity index (χ1v) is 5.44. The summed E-state index contributed by atoms with van der Waals surface area (Å²) in [4.78, 5) is 2.25. The molecule has 0 aliphatic carbocycles. The zero-order chi connectivity index (χ0) is 9.97. The first-order valence-electron chi connectivity index (χ1n) is 4.68. The Morgan fingerprint density at radius 3 is 2.57 bits per heavy atom. The number of benzene rings is 1. The van der Waals surface area contributed by atoms with Gasteiger partial charge in [-0.2, -0.15) is 0 Å². The summed E-state index contributed by atoms with van der Waals surface area (Å²) < 4.78 is 0. The van der Waals surface area contributed by atoms with Crippen molar-refractivity contribution in [3.8, 4) is 0 Å². The average Bonchev–Trinajstić information content (AvgIpc) is 2.23. The van der Waals surface area contributed by atoms with Gasteiger partial charge in [-0.1, -0.05) is 23.2 Å². The van der Waals surface area contributed by atoms with E-state index in [-0.39, 0.29) is 0 Å². The lowest BCUT2D eigenvalue weighted by molar-refractivity contribution is 0.589. The van der Waals surface area contributed by atoms with E-state index in [9.17, 15) is 0 Å². The van der Waals surface area contributed by atoms with E-state index in [4.69, 9.17) is 23.2 Å². The Morgan fingerprint density at radius 1 is 1.14 bits per heavy atom. The van der Waals surface area contributed by atoms with Gasteiger partial charge >= 0.3 is 0 Å². The minimum Gasteiger partial charge on any atom is -0.368 e. The van der Waals surface area contributed by atoms with Gasteiger partial charge in [-0.25, -0.2) is 0 Å². The van der Waals surface area contributed by atoms with Gasteiger partial charge in [0.15, 0.2) is 0 Å². The van der Waals surface area contributed by atoms with E-state index in [0.717, 1.165) is 41.9 Å². The van der Waals surface area contributed by atoms with Crippen molar-refractivity contribution in [2.24, 2.45) is 0 Å². The van der Waals surface area contributed by atoms with Crippen LogP contribution in [0.5, 0.6) is 0 Å². The molecule has 0 saturated carbocycles. The summed E-state index contributed by atoms with van der Waals surface area (Å²) in [5, 5.41) is 4.81. The first-order chi connectivity index (χ1) is 6.77. The van der Waals surface area contributed by atoms with E-state index in [0.29, 0.717) is 0 Å². The zero-order valence-electron chi connectivity index (χ0n) is 7.76. The second-order valence-corrected chi connectivity index (χ2v) is 4.18. The van der Waals surface area contributed by atoms with Crippen molar-refractivity contribution in [1.82, 2.24) is 5.32 Å². The molecule has 1 N–H and O–H groups in total. The molecular formula is C10H12Cl2N2. The number of halogens is 2. The zero-order valence-corrected chi connectivity index (χ0v) is 9.28. The van der Waals surface area contributed by atoms with E-state index < -0.39 is 0 Å². The summed E-state index contributed by atoms with van der Waals surface area (Å²) >= 11 is 12.0. The molecule has 0 spiro atoms. The fourth-order valence-electron chi connectivity index (χ4n) is 1.63. The minimum absolute atomic E-state index is 0.739. The van der Waals surface area contributed by atoms with Gasteiger partial charge in [-0.05, 0) is 18.2 Å². The molecule has 1 heterocycles. The molecule has 0 aromatic heterocycles. The number of hydrogen-bond acceptors (Lipinski definition) is 2. The van der Waals surface area contributed by atoms with E-state index in [1.165, 1.54) is 0 Å². The molecule has 1 aromatic carbocycles. The quantitative estimate of drug-likeness (QED) is 0.798. The van der Waals surface area contributed by atoms with Crippen LogP contribution >= 0.6 is 23.2 Å². The summed E-state index contributed by atoms with van der Waals surface area (Å²) in [6.45, 7) is 3.98. The van der Waals surface area contributed by atoms with Crippen LogP contribution in [0.4, 0.5) is 5.69 Å². The normalized spacial score (nSPS) is 17.1. The number of piperazine rings is 1. The van der Waals surface area contributed by atoms with Gasteiger partial charge in [-0.15, -0.1) is 0 Å². The fraction of sp³-hybridized carbons (Fsp3) is 0.400. The molecule has 2 nitrogen and oxygen atoms in total. The Balaban J connectivity index is 2.24. The summed E-state index contributed by atoms with van der Waals surface area (Å²) in [7, 11) is 0. The topological polar surface area (TPSA) is 15.3 Å². The van der Waals surface area contributed by atoms with Crippen molar-refractivity contribution < 1.29 is 0 Å². The van der Waals surface area contributed by atoms with Crippen molar-refractivity contribution in [3.63, 3.8) is 0 Å². The van der Waals surface area contributed by atoms with Crippen LogP contribution in [-0.2, 0) is 0 Å². The molecule has 1 aliphatic rings. The highest BCUT2D eigenvalue weighted by Gasteiger charge is 2.13. The van der Waals surface area contributed by atoms with Crippen molar-refractivity contribution in [1.29, 1.82) is 0 Å². The lowest BCUT2D eigenvalue weighted by atomic mass is 10.2. The molecule has 0 amide bonds. The Hall–Kier alpha value is -0.440. The van der Waals surface area contributed by atoms with Crippen molar-refractivity contribution in [2.75, 3.05) is 31.1 Å². The molecule has 14 heavy (non-hydrogen) atoms. The number of rotatable bonds is 1. The Morgan fingerprint density at radius 2 is 1.86 bits per heavy atom. The van der Waals surface area contributed by atoms with Crippen molar-refractivity contribution in [3.05, 3.63) is 28.2 Å². The summed E-state index contributed by atoms with van der Waals surface area (Å²) in [6, 6.07) is 5.59. The molecule has 0 bridgehead atoms. The lowest BCUT2D eigenvalue weighted by Crippen LogP contribution is -2.43. The van der Waals surface area contributed by atoms with Gasteiger partial charge in [0.1, 0.15) is 0 Å². The summed E-state index contributed by atoms with van der Waals surface area (Å²) in [5.41, 5.74) is 1.04. The average molecular weight is 231 g/mol. The Labute approximate surface area is 93.8 Å². The van der Waals surface area contributed by atoms with Gasteiger partial charge in [-0.3, -0.25) is 0 Å². The molecule has 1 aromatic rings. The third kappa shape index (κ3) is 2.14. The molecule has 1 fully saturated rings. The molecular weight excluding hydrogens is 219 g/mol. The van der Waals surface area contributed by atoms with Crippen LogP contribution in [0.1, 0.15) is 0 Å².